The molecule has 0 unspecified atom stereocenters. The van der Waals surface area contributed by atoms with Crippen molar-refractivity contribution in [3.63, 3.8) is 0 Å². The van der Waals surface area contributed by atoms with Crippen molar-refractivity contribution in [2.24, 2.45) is 0 Å². The number of nitrogens with one attached hydrogen (secondary N) is 1. The van der Waals surface area contributed by atoms with Crippen LogP contribution >= 0.6 is 11.6 Å². The van der Waals surface area contributed by atoms with Gasteiger partial charge in [-0.3, -0.25) is 9.59 Å². The van der Waals surface area contributed by atoms with Crippen molar-refractivity contribution in [2.45, 2.75) is 37.1 Å². The molecule has 2 fully saturated rings. The molecule has 0 atom stereocenters. The van der Waals surface area contributed by atoms with E-state index in [4.69, 9.17) is 11.6 Å². The Balaban J connectivity index is 1.46. The van der Waals surface area contributed by atoms with E-state index >= 15 is 0 Å². The van der Waals surface area contributed by atoms with Gasteiger partial charge in [0.25, 0.3) is 5.91 Å². The molecular weight excluding hydrogens is 438 g/mol. The first-order valence-electron chi connectivity index (χ1n) is 10.3. The molecule has 2 aliphatic rings. The number of nitrogens with zero attached hydrogens (tertiary/aromatic N) is 2. The molecule has 0 aliphatic carbocycles. The average Bonchev–Trinajstić information content (AvgIpc) is 3.43. The SMILES string of the molecule is O=C(Nc1ccc(Cl)c(S(=O)(=O)N2CCCC2)c1)c1ccc(CN2CCCC2=O)cc1. The van der Waals surface area contributed by atoms with Crippen LogP contribution in [-0.2, 0) is 21.4 Å². The lowest BCUT2D eigenvalue weighted by molar-refractivity contribution is -0.128. The predicted molar refractivity (Wildman–Crippen MR) is 118 cm³/mol. The highest BCUT2D eigenvalue weighted by Gasteiger charge is 2.29. The summed E-state index contributed by atoms with van der Waals surface area (Å²) >= 11 is 6.16. The molecule has 7 nitrogen and oxygen atoms in total. The molecule has 0 aromatic heterocycles. The zero-order chi connectivity index (χ0) is 22.0. The molecule has 2 saturated heterocycles. The summed E-state index contributed by atoms with van der Waals surface area (Å²) in [6.07, 6.45) is 3.14. The number of carbonyl (C=O) groups is 2. The molecule has 4 rings (SSSR count). The number of halogens is 1. The Kier molecular flexibility index (Phi) is 6.31. The van der Waals surface area contributed by atoms with E-state index in [1.54, 1.807) is 18.2 Å². The van der Waals surface area contributed by atoms with Gasteiger partial charge in [0.05, 0.1) is 5.02 Å². The van der Waals surface area contributed by atoms with E-state index < -0.39 is 10.0 Å². The zero-order valence-electron chi connectivity index (χ0n) is 17.0. The minimum atomic E-state index is -3.70. The van der Waals surface area contributed by atoms with Gasteiger partial charge in [-0.1, -0.05) is 23.7 Å². The maximum absolute atomic E-state index is 12.9. The van der Waals surface area contributed by atoms with Crippen LogP contribution in [0.5, 0.6) is 0 Å². The highest BCUT2D eigenvalue weighted by Crippen LogP contribution is 2.30. The Morgan fingerprint density at radius 2 is 1.71 bits per heavy atom. The van der Waals surface area contributed by atoms with Gasteiger partial charge in [-0.15, -0.1) is 0 Å². The van der Waals surface area contributed by atoms with Crippen molar-refractivity contribution in [3.8, 4) is 0 Å². The van der Waals surface area contributed by atoms with Crippen molar-refractivity contribution in [2.75, 3.05) is 25.0 Å². The number of sulfonamides is 1. The van der Waals surface area contributed by atoms with Gasteiger partial charge >= 0.3 is 0 Å². The minimum absolute atomic E-state index is 0.000468. The van der Waals surface area contributed by atoms with Crippen LogP contribution in [0.3, 0.4) is 0 Å². The first-order valence-corrected chi connectivity index (χ1v) is 12.1. The number of benzene rings is 2. The highest BCUT2D eigenvalue weighted by molar-refractivity contribution is 7.89. The molecule has 2 amide bonds. The van der Waals surface area contributed by atoms with Gasteiger partial charge in [0.15, 0.2) is 0 Å². The Morgan fingerprint density at radius 3 is 2.35 bits per heavy atom. The van der Waals surface area contributed by atoms with Gasteiger partial charge in [-0.2, -0.15) is 4.31 Å². The van der Waals surface area contributed by atoms with Crippen molar-refractivity contribution >= 4 is 39.1 Å². The van der Waals surface area contributed by atoms with Crippen LogP contribution in [0.1, 0.15) is 41.6 Å². The standard InChI is InChI=1S/C22H24ClN3O4S/c23-19-10-9-18(14-20(19)31(29,30)26-12-1-2-13-26)24-22(28)17-7-5-16(6-8-17)15-25-11-3-4-21(25)27/h5-10,14H,1-4,11-13,15H2,(H,24,28). The van der Waals surface area contributed by atoms with Crippen molar-refractivity contribution in [1.82, 2.24) is 9.21 Å². The molecule has 0 radical (unpaired) electrons. The summed E-state index contributed by atoms with van der Waals surface area (Å²) in [5.41, 5.74) is 1.76. The number of amides is 2. The van der Waals surface area contributed by atoms with Crippen molar-refractivity contribution in [3.05, 3.63) is 58.6 Å². The average molecular weight is 462 g/mol. The first-order chi connectivity index (χ1) is 14.8. The summed E-state index contributed by atoms with van der Waals surface area (Å²) in [7, 11) is -3.70. The molecule has 9 heteroatoms. The van der Waals surface area contributed by atoms with Crippen molar-refractivity contribution < 1.29 is 18.0 Å². The number of rotatable bonds is 6. The summed E-state index contributed by atoms with van der Waals surface area (Å²) in [5.74, 6) is -0.195. The van der Waals surface area contributed by atoms with Crippen LogP contribution in [0, 0.1) is 0 Å². The van der Waals surface area contributed by atoms with Gasteiger partial charge in [0.1, 0.15) is 4.90 Å². The largest absolute Gasteiger partial charge is 0.338 e. The van der Waals surface area contributed by atoms with E-state index in [-0.39, 0.29) is 21.7 Å². The van der Waals surface area contributed by atoms with E-state index in [0.717, 1.165) is 31.4 Å². The Hall–Kier alpha value is -2.42. The number of likely N-dealkylation sites (tertiary alicyclic amines) is 1. The normalized spacial score (nSPS) is 17.3. The molecular formula is C22H24ClN3O4S. The van der Waals surface area contributed by atoms with Crippen LogP contribution < -0.4 is 5.32 Å². The molecule has 2 aliphatic heterocycles. The molecule has 1 N–H and O–H groups in total. The fourth-order valence-corrected chi connectivity index (χ4v) is 5.92. The third-order valence-corrected chi connectivity index (χ3v) is 8.01. The number of hydrogen-bond acceptors (Lipinski definition) is 4. The molecule has 0 bridgehead atoms. The smallest absolute Gasteiger partial charge is 0.255 e. The van der Waals surface area contributed by atoms with E-state index in [0.29, 0.717) is 37.3 Å². The Morgan fingerprint density at radius 1 is 1.00 bits per heavy atom. The van der Waals surface area contributed by atoms with Gasteiger partial charge in [-0.05, 0) is 55.2 Å². The third-order valence-electron chi connectivity index (χ3n) is 5.63. The van der Waals surface area contributed by atoms with E-state index in [1.165, 1.54) is 16.4 Å². The predicted octanol–water partition coefficient (Wildman–Crippen LogP) is 3.50. The fraction of sp³-hybridized carbons (Fsp3) is 0.364. The second kappa shape index (κ2) is 8.98. The van der Waals surface area contributed by atoms with E-state index in [2.05, 4.69) is 5.32 Å². The maximum atomic E-state index is 12.9. The van der Waals surface area contributed by atoms with E-state index in [1.807, 2.05) is 17.0 Å². The second-order valence-electron chi connectivity index (χ2n) is 7.83. The molecule has 2 aromatic rings. The number of hydrogen-bond donors (Lipinski definition) is 1. The lowest BCUT2D eigenvalue weighted by Gasteiger charge is -2.17. The fourth-order valence-electron chi connectivity index (χ4n) is 3.90. The molecule has 2 heterocycles. The quantitative estimate of drug-likeness (QED) is 0.713. The van der Waals surface area contributed by atoms with Crippen LogP contribution in [0.15, 0.2) is 47.4 Å². The summed E-state index contributed by atoms with van der Waals surface area (Å²) in [6.45, 7) is 2.26. The summed E-state index contributed by atoms with van der Waals surface area (Å²) < 4.78 is 27.2. The number of anilines is 1. The number of carbonyl (C=O) groups excluding carboxylic acids is 2. The minimum Gasteiger partial charge on any atom is -0.338 e. The third kappa shape index (κ3) is 4.76. The highest BCUT2D eigenvalue weighted by atomic mass is 35.5. The first kappa shape index (κ1) is 21.8. The van der Waals surface area contributed by atoms with Gasteiger partial charge in [0.2, 0.25) is 15.9 Å². The Bertz CT molecular complexity index is 1100. The molecule has 0 saturated carbocycles. The lowest BCUT2D eigenvalue weighted by Crippen LogP contribution is -2.28. The zero-order valence-corrected chi connectivity index (χ0v) is 18.6. The van der Waals surface area contributed by atoms with Crippen LogP contribution in [-0.4, -0.2) is 49.1 Å². The molecule has 2 aromatic carbocycles. The van der Waals surface area contributed by atoms with E-state index in [9.17, 15) is 18.0 Å². The van der Waals surface area contributed by atoms with Crippen LogP contribution in [0.2, 0.25) is 5.02 Å². The molecule has 31 heavy (non-hydrogen) atoms. The lowest BCUT2D eigenvalue weighted by atomic mass is 10.1. The molecule has 0 spiro atoms. The summed E-state index contributed by atoms with van der Waals surface area (Å²) in [4.78, 5) is 26.2. The van der Waals surface area contributed by atoms with Crippen LogP contribution in [0.4, 0.5) is 5.69 Å². The topological polar surface area (TPSA) is 86.8 Å². The maximum Gasteiger partial charge on any atom is 0.255 e. The van der Waals surface area contributed by atoms with Crippen molar-refractivity contribution in [1.29, 1.82) is 0 Å². The monoisotopic (exact) mass is 461 g/mol. The second-order valence-corrected chi connectivity index (χ2v) is 10.1. The van der Waals surface area contributed by atoms with Crippen LogP contribution in [0.25, 0.3) is 0 Å². The van der Waals surface area contributed by atoms with Gasteiger partial charge in [0, 0.05) is 43.9 Å². The molecule has 164 valence electrons. The summed E-state index contributed by atoms with van der Waals surface area (Å²) in [5, 5.41) is 2.87. The Labute approximate surface area is 187 Å². The van der Waals surface area contributed by atoms with Gasteiger partial charge in [-0.25, -0.2) is 8.42 Å². The van der Waals surface area contributed by atoms with Gasteiger partial charge < -0.3 is 10.2 Å². The summed E-state index contributed by atoms with van der Waals surface area (Å²) in [6, 6.07) is 11.5.